The molecule has 4 nitrogen and oxygen atoms in total. The van der Waals surface area contributed by atoms with E-state index in [0.717, 1.165) is 30.5 Å². The van der Waals surface area contributed by atoms with Gasteiger partial charge in [0.1, 0.15) is 5.82 Å². The first-order chi connectivity index (χ1) is 10.3. The Kier molecular flexibility index (Phi) is 4.30. The minimum absolute atomic E-state index is 0.00324. The Morgan fingerprint density at radius 1 is 1.32 bits per heavy atom. The fourth-order valence-corrected chi connectivity index (χ4v) is 1.83. The fraction of sp³-hybridized carbons (Fsp3) is 0.143. The van der Waals surface area contributed by atoms with Crippen molar-refractivity contribution in [2.75, 3.05) is 6.54 Å². The Morgan fingerprint density at radius 3 is 2.50 bits per heavy atom. The topological polar surface area (TPSA) is 46.9 Å². The number of hydrogen-bond acceptors (Lipinski definition) is 2. The number of carbonyl (C=O) groups excluding carboxylic acids is 1. The molecule has 116 valence electrons. The van der Waals surface area contributed by atoms with Crippen molar-refractivity contribution in [3.8, 4) is 5.69 Å². The zero-order valence-electron chi connectivity index (χ0n) is 11.2. The van der Waals surface area contributed by atoms with E-state index in [-0.39, 0.29) is 12.2 Å². The van der Waals surface area contributed by atoms with Crippen LogP contribution in [0.5, 0.6) is 0 Å². The Bertz CT molecular complexity index is 689. The molecule has 0 aliphatic heterocycles. The first kappa shape index (κ1) is 15.7. The number of benzene rings is 1. The second-order valence-corrected chi connectivity index (χ2v) is 4.29. The number of amides is 1. The molecular formula is C14H11F4N3O. The van der Waals surface area contributed by atoms with Gasteiger partial charge in [0.05, 0.1) is 17.4 Å². The normalized spacial score (nSPS) is 11.3. The fourth-order valence-electron chi connectivity index (χ4n) is 1.83. The largest absolute Gasteiger partial charge is 0.434 e. The van der Waals surface area contributed by atoms with E-state index in [2.05, 4.69) is 17.0 Å². The van der Waals surface area contributed by atoms with Crippen molar-refractivity contribution in [1.29, 1.82) is 0 Å². The second kappa shape index (κ2) is 6.00. The van der Waals surface area contributed by atoms with Gasteiger partial charge in [0.25, 0.3) is 5.91 Å². The van der Waals surface area contributed by atoms with E-state index in [1.165, 1.54) is 6.08 Å². The average molecular weight is 313 g/mol. The van der Waals surface area contributed by atoms with Gasteiger partial charge in [-0.2, -0.15) is 18.3 Å². The number of nitrogens with one attached hydrogen (secondary N) is 1. The van der Waals surface area contributed by atoms with E-state index in [1.807, 2.05) is 0 Å². The maximum atomic E-state index is 13.3. The van der Waals surface area contributed by atoms with E-state index >= 15 is 0 Å². The van der Waals surface area contributed by atoms with E-state index in [4.69, 9.17) is 0 Å². The SMILES string of the molecule is C=CCNC(=O)c1cnn(-c2ccc(F)cc2)c1C(F)(F)F. The third-order valence-electron chi connectivity index (χ3n) is 2.76. The summed E-state index contributed by atoms with van der Waals surface area (Å²) in [5, 5.41) is 5.86. The molecule has 0 saturated carbocycles. The van der Waals surface area contributed by atoms with Gasteiger partial charge < -0.3 is 5.32 Å². The molecule has 0 atom stereocenters. The molecule has 0 spiro atoms. The molecule has 0 saturated heterocycles. The molecule has 1 heterocycles. The van der Waals surface area contributed by atoms with Crippen LogP contribution in [0, 0.1) is 5.82 Å². The molecule has 8 heteroatoms. The molecule has 0 fully saturated rings. The Morgan fingerprint density at radius 2 is 1.95 bits per heavy atom. The molecule has 1 amide bonds. The maximum absolute atomic E-state index is 13.3. The molecule has 22 heavy (non-hydrogen) atoms. The Balaban J connectivity index is 2.52. The quantitative estimate of drug-likeness (QED) is 0.697. The van der Waals surface area contributed by atoms with Gasteiger partial charge in [-0.25, -0.2) is 9.07 Å². The van der Waals surface area contributed by atoms with Crippen LogP contribution in [-0.2, 0) is 6.18 Å². The van der Waals surface area contributed by atoms with Gasteiger partial charge in [-0.1, -0.05) is 6.08 Å². The second-order valence-electron chi connectivity index (χ2n) is 4.29. The highest BCUT2D eigenvalue weighted by atomic mass is 19.4. The van der Waals surface area contributed by atoms with Crippen molar-refractivity contribution < 1.29 is 22.4 Å². The number of aromatic nitrogens is 2. The van der Waals surface area contributed by atoms with Crippen LogP contribution >= 0.6 is 0 Å². The zero-order valence-corrected chi connectivity index (χ0v) is 11.2. The smallest absolute Gasteiger partial charge is 0.348 e. The molecule has 2 aromatic rings. The van der Waals surface area contributed by atoms with Crippen LogP contribution in [0.15, 0.2) is 43.1 Å². The predicted octanol–water partition coefficient (Wildman–Crippen LogP) is 2.95. The van der Waals surface area contributed by atoms with E-state index in [9.17, 15) is 22.4 Å². The average Bonchev–Trinajstić information content (AvgIpc) is 2.90. The van der Waals surface area contributed by atoms with Crippen molar-refractivity contribution >= 4 is 5.91 Å². The highest BCUT2D eigenvalue weighted by Crippen LogP contribution is 2.33. The first-order valence-corrected chi connectivity index (χ1v) is 6.15. The van der Waals surface area contributed by atoms with Crippen LogP contribution in [0.25, 0.3) is 5.69 Å². The number of carbonyl (C=O) groups is 1. The van der Waals surface area contributed by atoms with E-state index in [1.54, 1.807) is 0 Å². The van der Waals surface area contributed by atoms with Gasteiger partial charge in [-0.05, 0) is 24.3 Å². The molecule has 0 aliphatic carbocycles. The summed E-state index contributed by atoms with van der Waals surface area (Å²) in [4.78, 5) is 11.8. The van der Waals surface area contributed by atoms with Crippen LogP contribution in [0.1, 0.15) is 16.1 Å². The summed E-state index contributed by atoms with van der Waals surface area (Å²) >= 11 is 0. The molecule has 1 aromatic heterocycles. The van der Waals surface area contributed by atoms with Gasteiger partial charge in [-0.15, -0.1) is 6.58 Å². The lowest BCUT2D eigenvalue weighted by atomic mass is 10.2. The Labute approximate surface area is 123 Å². The van der Waals surface area contributed by atoms with E-state index in [0.29, 0.717) is 4.68 Å². The summed E-state index contributed by atoms with van der Waals surface area (Å²) in [5.41, 5.74) is -1.84. The molecule has 0 radical (unpaired) electrons. The lowest BCUT2D eigenvalue weighted by Crippen LogP contribution is -2.26. The summed E-state index contributed by atoms with van der Waals surface area (Å²) in [5.74, 6) is -1.51. The van der Waals surface area contributed by atoms with Crippen LogP contribution in [0.3, 0.4) is 0 Å². The lowest BCUT2D eigenvalue weighted by molar-refractivity contribution is -0.143. The molecule has 0 aliphatic rings. The molecule has 0 bridgehead atoms. The summed E-state index contributed by atoms with van der Waals surface area (Å²) in [6.07, 6.45) is -2.63. The number of halogens is 4. The van der Waals surface area contributed by atoms with Crippen LogP contribution < -0.4 is 5.32 Å². The summed E-state index contributed by atoms with van der Waals surface area (Å²) in [6, 6.07) is 4.30. The van der Waals surface area contributed by atoms with Crippen molar-refractivity contribution in [2.45, 2.75) is 6.18 Å². The lowest BCUT2D eigenvalue weighted by Gasteiger charge is -2.12. The summed E-state index contributed by atoms with van der Waals surface area (Å²) in [7, 11) is 0. The molecule has 2 rings (SSSR count). The third kappa shape index (κ3) is 3.16. The van der Waals surface area contributed by atoms with Crippen LogP contribution in [-0.4, -0.2) is 22.2 Å². The number of nitrogens with zero attached hydrogens (tertiary/aromatic N) is 2. The number of alkyl halides is 3. The van der Waals surface area contributed by atoms with Crippen molar-refractivity contribution in [2.24, 2.45) is 0 Å². The van der Waals surface area contributed by atoms with Gasteiger partial charge in [0, 0.05) is 6.54 Å². The predicted molar refractivity (Wildman–Crippen MR) is 71.1 cm³/mol. The number of hydrogen-bond donors (Lipinski definition) is 1. The van der Waals surface area contributed by atoms with Gasteiger partial charge in [0.15, 0.2) is 5.69 Å². The van der Waals surface area contributed by atoms with Crippen LogP contribution in [0.2, 0.25) is 0 Å². The van der Waals surface area contributed by atoms with Gasteiger partial charge in [0.2, 0.25) is 0 Å². The minimum atomic E-state index is -4.80. The van der Waals surface area contributed by atoms with Gasteiger partial charge >= 0.3 is 6.18 Å². The van der Waals surface area contributed by atoms with Crippen molar-refractivity contribution in [3.05, 3.63) is 60.2 Å². The Hall–Kier alpha value is -2.64. The molecular weight excluding hydrogens is 302 g/mol. The van der Waals surface area contributed by atoms with Gasteiger partial charge in [-0.3, -0.25) is 4.79 Å². The first-order valence-electron chi connectivity index (χ1n) is 6.15. The zero-order chi connectivity index (χ0) is 16.3. The van der Waals surface area contributed by atoms with Crippen LogP contribution in [0.4, 0.5) is 17.6 Å². The summed E-state index contributed by atoms with van der Waals surface area (Å²) < 4.78 is 53.2. The molecule has 1 aromatic carbocycles. The summed E-state index contributed by atoms with van der Waals surface area (Å²) in [6.45, 7) is 3.39. The van der Waals surface area contributed by atoms with E-state index < -0.39 is 29.2 Å². The third-order valence-corrected chi connectivity index (χ3v) is 2.76. The van der Waals surface area contributed by atoms with Crippen molar-refractivity contribution in [3.63, 3.8) is 0 Å². The number of rotatable bonds is 4. The maximum Gasteiger partial charge on any atom is 0.434 e. The monoisotopic (exact) mass is 313 g/mol. The highest BCUT2D eigenvalue weighted by Gasteiger charge is 2.40. The molecule has 0 unspecified atom stereocenters. The highest BCUT2D eigenvalue weighted by molar-refractivity contribution is 5.95. The minimum Gasteiger partial charge on any atom is -0.348 e. The van der Waals surface area contributed by atoms with Crippen molar-refractivity contribution in [1.82, 2.24) is 15.1 Å². The molecule has 1 N–H and O–H groups in total. The standard InChI is InChI=1S/C14H11F4N3O/c1-2-7-19-13(22)11-8-20-21(12(11)14(16,17)18)10-5-3-9(15)4-6-10/h2-6,8H,1,7H2,(H,19,22).